The molecule has 0 amide bonds. The van der Waals surface area contributed by atoms with Crippen LogP contribution in [0.4, 0.5) is 8.78 Å². The summed E-state index contributed by atoms with van der Waals surface area (Å²) in [5, 5.41) is 0. The predicted molar refractivity (Wildman–Crippen MR) is 37.6 cm³/mol. The van der Waals surface area contributed by atoms with Gasteiger partial charge in [0.1, 0.15) is 6.26 Å². The lowest BCUT2D eigenvalue weighted by atomic mass is 10.6. The average Bonchev–Trinajstić information content (AvgIpc) is 2.48. The highest BCUT2D eigenvalue weighted by atomic mass is 35.5. The lowest BCUT2D eigenvalue weighted by Crippen LogP contribution is -2.06. The van der Waals surface area contributed by atoms with Gasteiger partial charge in [0.05, 0.1) is 11.6 Å². The molecule has 0 N–H and O–H groups in total. The Labute approximate surface area is 72.3 Å². The van der Waals surface area contributed by atoms with Gasteiger partial charge in [-0.2, -0.15) is 4.98 Å². The van der Waals surface area contributed by atoms with Gasteiger partial charge in [0.2, 0.25) is 0 Å². The fourth-order valence-corrected chi connectivity index (χ4v) is 0.673. The van der Waals surface area contributed by atoms with E-state index in [1.807, 2.05) is 0 Å². The van der Waals surface area contributed by atoms with E-state index in [2.05, 4.69) is 14.1 Å². The Bertz CT molecular complexity index is 241. The third-order valence-electron chi connectivity index (χ3n) is 1.00. The molecule has 0 unspecified atom stereocenters. The SMILES string of the molecule is FC(F)COc1nc(CCl)co1. The Hall–Kier alpha value is -0.840. The summed E-state index contributed by atoms with van der Waals surface area (Å²) in [6, 6.07) is 0. The van der Waals surface area contributed by atoms with Crippen LogP contribution in [-0.4, -0.2) is 18.0 Å². The van der Waals surface area contributed by atoms with Crippen LogP contribution in [0, 0.1) is 0 Å². The maximum atomic E-state index is 11.6. The molecule has 0 fully saturated rings. The van der Waals surface area contributed by atoms with E-state index in [0.29, 0.717) is 5.69 Å². The Morgan fingerprint density at radius 1 is 1.67 bits per heavy atom. The molecule has 1 aromatic heterocycles. The van der Waals surface area contributed by atoms with Gasteiger partial charge in [-0.25, -0.2) is 8.78 Å². The quantitative estimate of drug-likeness (QED) is 0.693. The van der Waals surface area contributed by atoms with Crippen molar-refractivity contribution in [2.45, 2.75) is 12.3 Å². The molecule has 3 nitrogen and oxygen atoms in total. The average molecular weight is 198 g/mol. The molecular weight excluding hydrogens is 192 g/mol. The van der Waals surface area contributed by atoms with Gasteiger partial charge in [-0.05, 0) is 0 Å². The first kappa shape index (κ1) is 9.25. The molecule has 0 saturated heterocycles. The number of rotatable bonds is 4. The van der Waals surface area contributed by atoms with E-state index in [1.54, 1.807) is 0 Å². The van der Waals surface area contributed by atoms with E-state index >= 15 is 0 Å². The van der Waals surface area contributed by atoms with Crippen LogP contribution in [-0.2, 0) is 5.88 Å². The van der Waals surface area contributed by atoms with Gasteiger partial charge in [-0.1, -0.05) is 0 Å². The summed E-state index contributed by atoms with van der Waals surface area (Å²) in [5.74, 6) is 0.168. The highest BCUT2D eigenvalue weighted by molar-refractivity contribution is 6.16. The van der Waals surface area contributed by atoms with Gasteiger partial charge in [0.15, 0.2) is 6.61 Å². The zero-order valence-electron chi connectivity index (χ0n) is 5.97. The number of halogens is 3. The highest BCUT2D eigenvalue weighted by Gasteiger charge is 2.07. The Balaban J connectivity index is 2.41. The summed E-state index contributed by atoms with van der Waals surface area (Å²) >= 11 is 5.38. The van der Waals surface area contributed by atoms with Gasteiger partial charge < -0.3 is 9.15 Å². The van der Waals surface area contributed by atoms with Gasteiger partial charge in [-0.15, -0.1) is 11.6 Å². The number of hydrogen-bond donors (Lipinski definition) is 0. The lowest BCUT2D eigenvalue weighted by Gasteiger charge is -1.97. The molecular formula is C6H6ClF2NO2. The van der Waals surface area contributed by atoms with Gasteiger partial charge in [0, 0.05) is 0 Å². The molecule has 1 rings (SSSR count). The molecule has 0 aliphatic rings. The second-order valence-electron chi connectivity index (χ2n) is 1.94. The normalized spacial score (nSPS) is 10.7. The van der Waals surface area contributed by atoms with Crippen molar-refractivity contribution in [3.05, 3.63) is 12.0 Å². The first-order valence-electron chi connectivity index (χ1n) is 3.13. The summed E-state index contributed by atoms with van der Waals surface area (Å²) in [6.45, 7) is -0.720. The highest BCUT2D eigenvalue weighted by Crippen LogP contribution is 2.12. The molecule has 0 saturated carbocycles. The maximum absolute atomic E-state index is 11.6. The molecule has 1 heterocycles. The molecule has 1 aromatic rings. The molecule has 12 heavy (non-hydrogen) atoms. The number of nitrogens with zero attached hydrogens (tertiary/aromatic N) is 1. The van der Waals surface area contributed by atoms with Gasteiger partial charge in [0.25, 0.3) is 6.43 Å². The number of aromatic nitrogens is 1. The fraction of sp³-hybridized carbons (Fsp3) is 0.500. The Morgan fingerprint density at radius 2 is 2.42 bits per heavy atom. The molecule has 0 radical (unpaired) electrons. The molecule has 0 spiro atoms. The van der Waals surface area contributed by atoms with Crippen LogP contribution >= 0.6 is 11.6 Å². The smallest absolute Gasteiger partial charge is 0.393 e. The molecule has 0 aromatic carbocycles. The van der Waals surface area contributed by atoms with Crippen LogP contribution < -0.4 is 4.74 Å². The standard InChI is InChI=1S/C6H6ClF2NO2/c7-1-4-2-11-6(10-4)12-3-5(8)9/h2,5H,1,3H2. The minimum atomic E-state index is -2.53. The molecule has 0 bridgehead atoms. The predicted octanol–water partition coefficient (Wildman–Crippen LogP) is 2.06. The number of oxazole rings is 1. The third kappa shape index (κ3) is 2.65. The minimum Gasteiger partial charge on any atom is -0.444 e. The number of ether oxygens (including phenoxy) is 1. The van der Waals surface area contributed by atoms with Crippen molar-refractivity contribution in [1.29, 1.82) is 0 Å². The first-order chi connectivity index (χ1) is 5.72. The minimum absolute atomic E-state index is 0.168. The van der Waals surface area contributed by atoms with E-state index < -0.39 is 13.0 Å². The summed E-state index contributed by atoms with van der Waals surface area (Å²) in [4.78, 5) is 3.65. The van der Waals surface area contributed by atoms with Crippen molar-refractivity contribution in [3.8, 4) is 6.08 Å². The maximum Gasteiger partial charge on any atom is 0.393 e. The summed E-state index contributed by atoms with van der Waals surface area (Å²) in [5.41, 5.74) is 0.459. The lowest BCUT2D eigenvalue weighted by molar-refractivity contribution is 0.0658. The zero-order chi connectivity index (χ0) is 8.97. The number of hydrogen-bond acceptors (Lipinski definition) is 3. The van der Waals surface area contributed by atoms with Crippen molar-refractivity contribution in [1.82, 2.24) is 4.98 Å². The van der Waals surface area contributed by atoms with Crippen LogP contribution in [0.15, 0.2) is 10.7 Å². The first-order valence-corrected chi connectivity index (χ1v) is 3.67. The fourth-order valence-electron chi connectivity index (χ4n) is 0.550. The summed E-state index contributed by atoms with van der Waals surface area (Å²) in [6.07, 6.45) is -1.45. The summed E-state index contributed by atoms with van der Waals surface area (Å²) in [7, 11) is 0. The van der Waals surface area contributed by atoms with Crippen LogP contribution in [0.25, 0.3) is 0 Å². The van der Waals surface area contributed by atoms with Crippen molar-refractivity contribution in [3.63, 3.8) is 0 Å². The molecule has 6 heteroatoms. The van der Waals surface area contributed by atoms with Gasteiger partial charge in [-0.3, -0.25) is 0 Å². The van der Waals surface area contributed by atoms with E-state index in [1.165, 1.54) is 6.26 Å². The second kappa shape index (κ2) is 4.25. The van der Waals surface area contributed by atoms with Crippen molar-refractivity contribution < 1.29 is 17.9 Å². The van der Waals surface area contributed by atoms with Crippen LogP contribution in [0.2, 0.25) is 0 Å². The van der Waals surface area contributed by atoms with Crippen LogP contribution in [0.3, 0.4) is 0 Å². The molecule has 0 aliphatic carbocycles. The van der Waals surface area contributed by atoms with Crippen molar-refractivity contribution >= 4 is 11.6 Å². The van der Waals surface area contributed by atoms with Crippen LogP contribution in [0.5, 0.6) is 6.08 Å². The molecule has 0 aliphatic heterocycles. The molecule has 68 valence electrons. The summed E-state index contributed by atoms with van der Waals surface area (Å²) < 4.78 is 32.3. The monoisotopic (exact) mass is 197 g/mol. The Kier molecular flexibility index (Phi) is 3.28. The second-order valence-corrected chi connectivity index (χ2v) is 2.21. The van der Waals surface area contributed by atoms with E-state index in [9.17, 15) is 8.78 Å². The number of alkyl halides is 3. The van der Waals surface area contributed by atoms with Crippen LogP contribution in [0.1, 0.15) is 5.69 Å². The third-order valence-corrected chi connectivity index (χ3v) is 1.27. The zero-order valence-corrected chi connectivity index (χ0v) is 6.72. The van der Waals surface area contributed by atoms with E-state index in [4.69, 9.17) is 11.6 Å². The van der Waals surface area contributed by atoms with E-state index in [-0.39, 0.29) is 12.0 Å². The largest absolute Gasteiger partial charge is 0.444 e. The van der Waals surface area contributed by atoms with E-state index in [0.717, 1.165) is 0 Å². The van der Waals surface area contributed by atoms with Crippen molar-refractivity contribution in [2.24, 2.45) is 0 Å². The Morgan fingerprint density at radius 3 is 2.92 bits per heavy atom. The molecule has 0 atom stereocenters. The van der Waals surface area contributed by atoms with Gasteiger partial charge >= 0.3 is 6.08 Å². The topological polar surface area (TPSA) is 35.3 Å². The van der Waals surface area contributed by atoms with Crippen molar-refractivity contribution in [2.75, 3.05) is 6.61 Å².